The fourth-order valence-corrected chi connectivity index (χ4v) is 4.37. The number of hydrogen-bond acceptors (Lipinski definition) is 6. The third-order valence-electron chi connectivity index (χ3n) is 6.47. The summed E-state index contributed by atoms with van der Waals surface area (Å²) in [7, 11) is 0. The van der Waals surface area contributed by atoms with E-state index in [1.807, 2.05) is 24.8 Å². The average molecular weight is 414 g/mol. The molecule has 1 atom stereocenters. The Labute approximate surface area is 177 Å². The van der Waals surface area contributed by atoms with Crippen LogP contribution in [0.5, 0.6) is 0 Å². The van der Waals surface area contributed by atoms with Gasteiger partial charge in [0.1, 0.15) is 5.58 Å². The van der Waals surface area contributed by atoms with E-state index in [4.69, 9.17) is 9.15 Å². The number of ether oxygens (including phenoxy) is 1. The molecule has 7 nitrogen and oxygen atoms in total. The molecule has 1 aromatic heterocycles. The molecule has 0 saturated carbocycles. The second kappa shape index (κ2) is 8.88. The molecule has 2 aliphatic rings. The van der Waals surface area contributed by atoms with Crippen molar-refractivity contribution in [1.29, 1.82) is 0 Å². The van der Waals surface area contributed by atoms with Crippen LogP contribution in [0.15, 0.2) is 27.4 Å². The van der Waals surface area contributed by atoms with E-state index in [0.717, 1.165) is 42.7 Å². The monoisotopic (exact) mass is 413 g/mol. The molecule has 3 heterocycles. The highest BCUT2D eigenvalue weighted by atomic mass is 16.5. The van der Waals surface area contributed by atoms with Crippen LogP contribution in [0.2, 0.25) is 0 Å². The van der Waals surface area contributed by atoms with E-state index in [0.29, 0.717) is 38.4 Å². The van der Waals surface area contributed by atoms with Crippen LogP contribution in [0.4, 0.5) is 0 Å². The Balaban J connectivity index is 1.41. The first-order valence-corrected chi connectivity index (χ1v) is 10.8. The minimum absolute atomic E-state index is 0.111. The van der Waals surface area contributed by atoms with Crippen molar-refractivity contribution in [2.75, 3.05) is 52.5 Å². The van der Waals surface area contributed by atoms with E-state index in [-0.39, 0.29) is 17.6 Å². The summed E-state index contributed by atoms with van der Waals surface area (Å²) in [5, 5.41) is 1.01. The summed E-state index contributed by atoms with van der Waals surface area (Å²) < 4.78 is 10.8. The van der Waals surface area contributed by atoms with Gasteiger partial charge >= 0.3 is 5.63 Å². The van der Waals surface area contributed by atoms with E-state index in [1.165, 1.54) is 5.56 Å². The molecule has 2 saturated heterocycles. The Hall–Kier alpha value is -2.22. The maximum atomic E-state index is 12.8. The Morgan fingerprint density at radius 2 is 1.67 bits per heavy atom. The second-order valence-electron chi connectivity index (χ2n) is 8.45. The number of nitrogens with zero attached hydrogens (tertiary/aromatic N) is 3. The number of rotatable bonds is 4. The molecule has 1 unspecified atom stereocenters. The molecule has 0 radical (unpaired) electrons. The molecule has 30 heavy (non-hydrogen) atoms. The molecule has 1 amide bonds. The molecule has 2 fully saturated rings. The number of hydrogen-bond donors (Lipinski definition) is 0. The number of benzene rings is 1. The van der Waals surface area contributed by atoms with Gasteiger partial charge in [-0.3, -0.25) is 14.6 Å². The van der Waals surface area contributed by atoms with Crippen molar-refractivity contribution in [2.24, 2.45) is 0 Å². The Morgan fingerprint density at radius 3 is 2.37 bits per heavy atom. The van der Waals surface area contributed by atoms with Gasteiger partial charge in [-0.1, -0.05) is 0 Å². The second-order valence-corrected chi connectivity index (χ2v) is 8.45. The normalized spacial score (nSPS) is 19.9. The van der Waals surface area contributed by atoms with Gasteiger partial charge in [-0.05, 0) is 49.6 Å². The van der Waals surface area contributed by atoms with Crippen molar-refractivity contribution in [3.8, 4) is 0 Å². The minimum Gasteiger partial charge on any atom is -0.423 e. The zero-order valence-electron chi connectivity index (χ0n) is 18.1. The number of piperazine rings is 1. The first kappa shape index (κ1) is 21.0. The van der Waals surface area contributed by atoms with Crippen molar-refractivity contribution < 1.29 is 13.9 Å². The van der Waals surface area contributed by atoms with Crippen molar-refractivity contribution >= 4 is 16.9 Å². The summed E-state index contributed by atoms with van der Waals surface area (Å²) in [6, 6.07) is 5.57. The average Bonchev–Trinajstić information content (AvgIpc) is 2.75. The van der Waals surface area contributed by atoms with Crippen LogP contribution in [0.25, 0.3) is 11.0 Å². The van der Waals surface area contributed by atoms with Gasteiger partial charge in [0.15, 0.2) is 0 Å². The fraction of sp³-hybridized carbons (Fsp3) is 0.565. The summed E-state index contributed by atoms with van der Waals surface area (Å²) in [6.07, 6.45) is 0. The first-order valence-electron chi connectivity index (χ1n) is 10.8. The minimum atomic E-state index is -0.302. The van der Waals surface area contributed by atoms with Gasteiger partial charge in [-0.15, -0.1) is 0 Å². The Morgan fingerprint density at radius 1 is 1.00 bits per heavy atom. The molecule has 1 aromatic carbocycles. The maximum absolute atomic E-state index is 12.8. The van der Waals surface area contributed by atoms with Crippen molar-refractivity contribution in [3.05, 3.63) is 45.3 Å². The number of carbonyl (C=O) groups excluding carboxylic acids is 1. The van der Waals surface area contributed by atoms with Crippen LogP contribution in [0.3, 0.4) is 0 Å². The molecule has 0 bridgehead atoms. The van der Waals surface area contributed by atoms with E-state index in [9.17, 15) is 9.59 Å². The number of aryl methyl sites for hydroxylation is 2. The molecule has 4 rings (SSSR count). The van der Waals surface area contributed by atoms with Gasteiger partial charge < -0.3 is 14.1 Å². The summed E-state index contributed by atoms with van der Waals surface area (Å²) in [4.78, 5) is 31.4. The predicted molar refractivity (Wildman–Crippen MR) is 116 cm³/mol. The highest BCUT2D eigenvalue weighted by Gasteiger charge is 2.29. The molecule has 7 heteroatoms. The van der Waals surface area contributed by atoms with Gasteiger partial charge in [-0.2, -0.15) is 0 Å². The van der Waals surface area contributed by atoms with Gasteiger partial charge in [-0.25, -0.2) is 4.79 Å². The van der Waals surface area contributed by atoms with Crippen LogP contribution in [0, 0.1) is 13.8 Å². The SMILES string of the molecule is Cc1cc2oc(=O)cc(CN3CCN(C(C)C(=O)N4CCOCC4)CC3)c2cc1C. The maximum Gasteiger partial charge on any atom is 0.336 e. The van der Waals surface area contributed by atoms with Gasteiger partial charge in [0, 0.05) is 57.3 Å². The lowest BCUT2D eigenvalue weighted by atomic mass is 10.0. The lowest BCUT2D eigenvalue weighted by molar-refractivity contribution is -0.141. The number of carbonyl (C=O) groups is 1. The highest BCUT2D eigenvalue weighted by molar-refractivity contribution is 5.82. The van der Waals surface area contributed by atoms with Crippen molar-refractivity contribution in [3.63, 3.8) is 0 Å². The zero-order valence-corrected chi connectivity index (χ0v) is 18.1. The Kier molecular flexibility index (Phi) is 6.22. The number of fused-ring (bicyclic) bond motifs is 1. The molecule has 2 aliphatic heterocycles. The van der Waals surface area contributed by atoms with Crippen LogP contribution in [-0.2, 0) is 16.1 Å². The molecule has 0 spiro atoms. The summed E-state index contributed by atoms with van der Waals surface area (Å²) in [5.74, 6) is 0.198. The zero-order chi connectivity index (χ0) is 21.3. The molecular weight excluding hydrogens is 382 g/mol. The topological polar surface area (TPSA) is 66.2 Å². The van der Waals surface area contributed by atoms with Crippen LogP contribution < -0.4 is 5.63 Å². The third kappa shape index (κ3) is 4.43. The molecule has 0 N–H and O–H groups in total. The fourth-order valence-electron chi connectivity index (χ4n) is 4.37. The number of amides is 1. The largest absolute Gasteiger partial charge is 0.423 e. The molecular formula is C23H31N3O4. The van der Waals surface area contributed by atoms with Crippen molar-refractivity contribution in [2.45, 2.75) is 33.4 Å². The summed E-state index contributed by atoms with van der Waals surface area (Å²) >= 11 is 0. The molecule has 2 aromatic rings. The van der Waals surface area contributed by atoms with Crippen LogP contribution >= 0.6 is 0 Å². The van der Waals surface area contributed by atoms with Gasteiger partial charge in [0.05, 0.1) is 19.3 Å². The third-order valence-corrected chi connectivity index (χ3v) is 6.47. The van der Waals surface area contributed by atoms with E-state index in [2.05, 4.69) is 22.8 Å². The van der Waals surface area contributed by atoms with E-state index < -0.39 is 0 Å². The summed E-state index contributed by atoms with van der Waals surface area (Å²) in [5.41, 5.74) is 3.68. The van der Waals surface area contributed by atoms with E-state index >= 15 is 0 Å². The lowest BCUT2D eigenvalue weighted by Crippen LogP contribution is -2.55. The van der Waals surface area contributed by atoms with Crippen LogP contribution in [-0.4, -0.2) is 79.1 Å². The molecule has 0 aliphatic carbocycles. The highest BCUT2D eigenvalue weighted by Crippen LogP contribution is 2.23. The number of morpholine rings is 1. The van der Waals surface area contributed by atoms with Gasteiger partial charge in [0.25, 0.3) is 0 Å². The van der Waals surface area contributed by atoms with Crippen LogP contribution in [0.1, 0.15) is 23.6 Å². The molecule has 162 valence electrons. The first-order chi connectivity index (χ1) is 14.4. The lowest BCUT2D eigenvalue weighted by Gasteiger charge is -2.39. The summed E-state index contributed by atoms with van der Waals surface area (Å²) in [6.45, 7) is 12.9. The van der Waals surface area contributed by atoms with Gasteiger partial charge in [0.2, 0.25) is 5.91 Å². The standard InChI is InChI=1S/C23H31N3O4/c1-16-12-20-19(14-22(27)30-21(20)13-17(16)2)15-24-4-6-25(7-5-24)18(3)23(28)26-8-10-29-11-9-26/h12-14,18H,4-11,15H2,1-3H3. The predicted octanol–water partition coefficient (Wildman–Crippen LogP) is 1.77. The smallest absolute Gasteiger partial charge is 0.336 e. The van der Waals surface area contributed by atoms with Crippen molar-refractivity contribution in [1.82, 2.24) is 14.7 Å². The quantitative estimate of drug-likeness (QED) is 0.712. The Bertz CT molecular complexity index is 972. The van der Waals surface area contributed by atoms with E-state index in [1.54, 1.807) is 6.07 Å².